The van der Waals surface area contributed by atoms with Crippen molar-refractivity contribution in [2.45, 2.75) is 109 Å². The van der Waals surface area contributed by atoms with E-state index in [4.69, 9.17) is 29.8 Å². The van der Waals surface area contributed by atoms with Crippen molar-refractivity contribution in [3.05, 3.63) is 12.7 Å². The summed E-state index contributed by atoms with van der Waals surface area (Å²) in [5.41, 5.74) is -0.289. The second kappa shape index (κ2) is 12.4. The lowest BCUT2D eigenvalue weighted by Crippen LogP contribution is -2.58. The van der Waals surface area contributed by atoms with Gasteiger partial charge in [-0.1, -0.05) is 46.5 Å². The van der Waals surface area contributed by atoms with E-state index in [2.05, 4.69) is 66.0 Å². The van der Waals surface area contributed by atoms with Crippen LogP contribution in [0.4, 0.5) is 0 Å². The third-order valence-corrected chi connectivity index (χ3v) is 14.8. The molecule has 2 aliphatic carbocycles. The third kappa shape index (κ3) is 7.31. The summed E-state index contributed by atoms with van der Waals surface area (Å²) in [6.07, 6.45) is 11.4. The van der Waals surface area contributed by atoms with Crippen LogP contribution in [0.2, 0.25) is 43.8 Å². The Bertz CT molecular complexity index is 720. The Kier molecular flexibility index (Phi) is 10.9. The normalized spacial score (nSPS) is 31.7. The van der Waals surface area contributed by atoms with Gasteiger partial charge in [0.15, 0.2) is 8.32 Å². The Morgan fingerprint density at radius 3 is 2.29 bits per heavy atom. The lowest BCUT2D eigenvalue weighted by atomic mass is 9.59. The summed E-state index contributed by atoms with van der Waals surface area (Å²) >= 11 is 0. The lowest BCUT2D eigenvalue weighted by molar-refractivity contribution is -0.198. The first-order valence-corrected chi connectivity index (χ1v) is 19.9. The number of methoxy groups -OCH3 is 1. The van der Waals surface area contributed by atoms with Crippen LogP contribution < -0.4 is 0 Å². The van der Waals surface area contributed by atoms with Crippen LogP contribution >= 0.6 is 0 Å². The zero-order valence-electron chi connectivity index (χ0n) is 23.9. The van der Waals surface area contributed by atoms with Crippen LogP contribution in [0, 0.1) is 29.6 Å². The van der Waals surface area contributed by atoms with Crippen LogP contribution in [0.1, 0.15) is 46.5 Å². The molecule has 2 aliphatic rings. The Morgan fingerprint density at radius 1 is 1.06 bits per heavy atom. The van der Waals surface area contributed by atoms with E-state index >= 15 is 0 Å². The lowest BCUT2D eigenvalue weighted by Gasteiger charge is -2.53. The van der Waals surface area contributed by atoms with Gasteiger partial charge in [0, 0.05) is 39.5 Å². The van der Waals surface area contributed by atoms with E-state index in [0.717, 1.165) is 31.9 Å². The van der Waals surface area contributed by atoms with Crippen molar-refractivity contribution in [2.24, 2.45) is 17.3 Å². The van der Waals surface area contributed by atoms with E-state index in [9.17, 15) is 0 Å². The highest BCUT2D eigenvalue weighted by atomic mass is 28.4. The van der Waals surface area contributed by atoms with Crippen molar-refractivity contribution < 1.29 is 23.4 Å². The molecule has 6 atom stereocenters. The molecule has 0 aromatic carbocycles. The van der Waals surface area contributed by atoms with Gasteiger partial charge in [0.2, 0.25) is 0 Å². The first-order chi connectivity index (χ1) is 16.2. The number of terminal acetylenes is 1. The van der Waals surface area contributed by atoms with E-state index in [1.165, 1.54) is 0 Å². The third-order valence-electron chi connectivity index (χ3n) is 8.61. The van der Waals surface area contributed by atoms with Crippen molar-refractivity contribution in [3.8, 4) is 12.3 Å². The van der Waals surface area contributed by atoms with Crippen molar-refractivity contribution in [2.75, 3.05) is 27.3 Å². The minimum absolute atomic E-state index is 0.0105. The maximum absolute atomic E-state index is 7.05. The average molecular weight is 525 g/mol. The number of hydrogen-bond acceptors (Lipinski definition) is 5. The highest BCUT2D eigenvalue weighted by molar-refractivity contribution is 6.76. The van der Waals surface area contributed by atoms with Crippen molar-refractivity contribution >= 4 is 16.4 Å². The van der Waals surface area contributed by atoms with Crippen LogP contribution in [0.5, 0.6) is 0 Å². The standard InChI is InChI=1S/C28H52O5Si2/c1-12-16-28-22(19-25(23(28)13-2)31-20-29-6)14-15-24(33-35(10,11)27(3,4)5)26(28)32-21-30-17-18-34(7,8)9/h1,13,22-26H,2,14-21H2,3-11H3/t22-,23-,24-,25+,26+,28-/m0/s1. The number of ether oxygens (including phenoxy) is 4. The van der Waals surface area contributed by atoms with E-state index in [-0.39, 0.29) is 48.3 Å². The van der Waals surface area contributed by atoms with Crippen LogP contribution in [-0.4, -0.2) is 62.0 Å². The van der Waals surface area contributed by atoms with Crippen LogP contribution in [0.3, 0.4) is 0 Å². The van der Waals surface area contributed by atoms with Gasteiger partial charge >= 0.3 is 0 Å². The molecule has 0 aromatic rings. The summed E-state index contributed by atoms with van der Waals surface area (Å²) in [6.45, 7) is 24.1. The van der Waals surface area contributed by atoms with Crippen LogP contribution in [0.15, 0.2) is 12.7 Å². The Balaban J connectivity index is 2.38. The smallest absolute Gasteiger partial charge is 0.192 e. The molecule has 0 N–H and O–H groups in total. The summed E-state index contributed by atoms with van der Waals surface area (Å²) in [5.74, 6) is 3.46. The largest absolute Gasteiger partial charge is 0.411 e. The predicted octanol–water partition coefficient (Wildman–Crippen LogP) is 6.69. The fourth-order valence-corrected chi connectivity index (χ4v) is 7.78. The van der Waals surface area contributed by atoms with Gasteiger partial charge in [-0.15, -0.1) is 18.9 Å². The van der Waals surface area contributed by atoms with E-state index in [1.807, 2.05) is 6.08 Å². The monoisotopic (exact) mass is 524 g/mol. The summed E-state index contributed by atoms with van der Waals surface area (Å²) in [4.78, 5) is 0. The molecule has 2 fully saturated rings. The molecule has 0 aromatic heterocycles. The fraction of sp³-hybridized carbons (Fsp3) is 0.857. The van der Waals surface area contributed by atoms with E-state index in [1.54, 1.807) is 7.11 Å². The molecular formula is C28H52O5Si2. The summed E-state index contributed by atoms with van der Waals surface area (Å²) < 4.78 is 31.2. The minimum Gasteiger partial charge on any atom is -0.411 e. The molecule has 5 nitrogen and oxygen atoms in total. The van der Waals surface area contributed by atoms with Crippen molar-refractivity contribution in [1.29, 1.82) is 0 Å². The van der Waals surface area contributed by atoms with Crippen molar-refractivity contribution in [1.82, 2.24) is 0 Å². The molecule has 7 heteroatoms. The average Bonchev–Trinajstić information content (AvgIpc) is 3.04. The highest BCUT2D eigenvalue weighted by Crippen LogP contribution is 2.60. The van der Waals surface area contributed by atoms with Gasteiger partial charge in [0.25, 0.3) is 0 Å². The van der Waals surface area contributed by atoms with Gasteiger partial charge < -0.3 is 23.4 Å². The molecule has 0 unspecified atom stereocenters. The molecule has 2 rings (SSSR count). The highest BCUT2D eigenvalue weighted by Gasteiger charge is 2.63. The van der Waals surface area contributed by atoms with Gasteiger partial charge in [-0.2, -0.15) is 0 Å². The van der Waals surface area contributed by atoms with Gasteiger partial charge in [0.1, 0.15) is 13.6 Å². The summed E-state index contributed by atoms with van der Waals surface area (Å²) in [6, 6.07) is 1.12. The quantitative estimate of drug-likeness (QED) is 0.0883. The molecule has 0 radical (unpaired) electrons. The predicted molar refractivity (Wildman–Crippen MR) is 150 cm³/mol. The second-order valence-electron chi connectivity index (χ2n) is 13.2. The minimum atomic E-state index is -2.03. The number of rotatable bonds is 13. The van der Waals surface area contributed by atoms with Gasteiger partial charge in [0.05, 0.1) is 18.3 Å². The summed E-state index contributed by atoms with van der Waals surface area (Å²) in [5, 5.41) is 0.110. The molecule has 0 bridgehead atoms. The van der Waals surface area contributed by atoms with Crippen LogP contribution in [0.25, 0.3) is 0 Å². The topological polar surface area (TPSA) is 46.2 Å². The zero-order valence-corrected chi connectivity index (χ0v) is 25.9. The molecule has 2 saturated carbocycles. The van der Waals surface area contributed by atoms with Gasteiger partial charge in [-0.3, -0.25) is 0 Å². The molecule has 0 heterocycles. The first-order valence-electron chi connectivity index (χ1n) is 13.3. The second-order valence-corrected chi connectivity index (χ2v) is 23.6. The SMILES string of the molecule is C#CC[C@@]12[C@@H](CC[C@H](O[Si](C)(C)C(C)(C)C)[C@H]1OCOCC[Si](C)(C)C)C[C@@H](OCOC)[C@@H]2C=C. The van der Waals surface area contributed by atoms with E-state index < -0.39 is 16.4 Å². The maximum atomic E-state index is 7.05. The zero-order chi connectivity index (χ0) is 26.5. The van der Waals surface area contributed by atoms with E-state index in [0.29, 0.717) is 12.3 Å². The molecule has 0 amide bonds. The Labute approximate surface area is 217 Å². The molecular weight excluding hydrogens is 472 g/mol. The summed E-state index contributed by atoms with van der Waals surface area (Å²) in [7, 11) is -1.53. The Hall–Kier alpha value is -0.466. The number of fused-ring (bicyclic) bond motifs is 1. The molecule has 202 valence electrons. The molecule has 0 saturated heterocycles. The Morgan fingerprint density at radius 2 is 1.74 bits per heavy atom. The van der Waals surface area contributed by atoms with Gasteiger partial charge in [-0.05, 0) is 49.4 Å². The molecule has 0 aliphatic heterocycles. The van der Waals surface area contributed by atoms with Crippen LogP contribution in [-0.2, 0) is 23.4 Å². The van der Waals surface area contributed by atoms with Crippen molar-refractivity contribution in [3.63, 3.8) is 0 Å². The molecule has 0 spiro atoms. The van der Waals surface area contributed by atoms with Gasteiger partial charge in [-0.25, -0.2) is 0 Å². The molecule has 35 heavy (non-hydrogen) atoms. The maximum Gasteiger partial charge on any atom is 0.192 e. The first kappa shape index (κ1) is 30.8. The number of hydrogen-bond donors (Lipinski definition) is 0. The fourth-order valence-electron chi connectivity index (χ4n) is 5.67.